The smallest absolute Gasteiger partial charge is 0.131 e. The molecule has 0 atom stereocenters. The van der Waals surface area contributed by atoms with Crippen molar-refractivity contribution < 1.29 is 4.74 Å². The quantitative estimate of drug-likeness (QED) is 0.862. The van der Waals surface area contributed by atoms with Crippen molar-refractivity contribution in [3.63, 3.8) is 0 Å². The summed E-state index contributed by atoms with van der Waals surface area (Å²) in [5.74, 6) is 1.88. The van der Waals surface area contributed by atoms with E-state index in [1.165, 1.54) is 22.3 Å². The van der Waals surface area contributed by atoms with Gasteiger partial charge >= 0.3 is 0 Å². The molecule has 2 aromatic rings. The van der Waals surface area contributed by atoms with Gasteiger partial charge in [-0.2, -0.15) is 0 Å². The zero-order valence-electron chi connectivity index (χ0n) is 12.8. The van der Waals surface area contributed by atoms with Crippen LogP contribution in [0.4, 0.5) is 0 Å². The fraction of sp³-hybridized carbons (Fsp3) is 0.333. The molecule has 0 unspecified atom stereocenters. The van der Waals surface area contributed by atoms with E-state index < -0.39 is 0 Å². The number of nitrogens with one attached hydrogen (secondary N) is 1. The highest BCUT2D eigenvalue weighted by Crippen LogP contribution is 2.30. The highest BCUT2D eigenvalue weighted by Gasteiger charge is 2.08. The summed E-state index contributed by atoms with van der Waals surface area (Å²) in [4.78, 5) is 0. The summed E-state index contributed by atoms with van der Waals surface area (Å²) in [5, 5.41) is 3.35. The van der Waals surface area contributed by atoms with Crippen molar-refractivity contribution in [3.8, 4) is 11.5 Å². The van der Waals surface area contributed by atoms with E-state index in [2.05, 4.69) is 51.2 Å². The van der Waals surface area contributed by atoms with Crippen LogP contribution in [0.25, 0.3) is 0 Å². The molecule has 0 aromatic heterocycles. The Kier molecular flexibility index (Phi) is 4.80. The maximum Gasteiger partial charge on any atom is 0.131 e. The number of hydrogen-bond acceptors (Lipinski definition) is 2. The topological polar surface area (TPSA) is 21.3 Å². The molecule has 2 heteroatoms. The number of ether oxygens (including phenoxy) is 1. The molecule has 2 nitrogen and oxygen atoms in total. The maximum atomic E-state index is 6.16. The molecule has 0 aliphatic rings. The first-order chi connectivity index (χ1) is 9.61. The summed E-state index contributed by atoms with van der Waals surface area (Å²) in [6.45, 7) is 10.2. The van der Waals surface area contributed by atoms with Crippen molar-refractivity contribution in [1.82, 2.24) is 5.32 Å². The number of para-hydroxylation sites is 1. The Labute approximate surface area is 121 Å². The summed E-state index contributed by atoms with van der Waals surface area (Å²) >= 11 is 0. The summed E-state index contributed by atoms with van der Waals surface area (Å²) in [5.41, 5.74) is 4.89. The lowest BCUT2D eigenvalue weighted by atomic mass is 10.1. The molecule has 0 amide bonds. The normalized spacial score (nSPS) is 10.6. The number of aryl methyl sites for hydroxylation is 2. The van der Waals surface area contributed by atoms with Crippen LogP contribution in [0, 0.1) is 20.8 Å². The minimum absolute atomic E-state index is 0.830. The molecular weight excluding hydrogens is 246 g/mol. The highest BCUT2D eigenvalue weighted by atomic mass is 16.5. The third-order valence-corrected chi connectivity index (χ3v) is 3.52. The molecule has 0 aliphatic heterocycles. The monoisotopic (exact) mass is 269 g/mol. The van der Waals surface area contributed by atoms with Crippen LogP contribution in [0.3, 0.4) is 0 Å². The minimum atomic E-state index is 0.830. The molecular formula is C18H23NO. The molecule has 0 spiro atoms. The van der Waals surface area contributed by atoms with Crippen LogP contribution in [0.15, 0.2) is 36.4 Å². The maximum absolute atomic E-state index is 6.16. The summed E-state index contributed by atoms with van der Waals surface area (Å²) < 4.78 is 6.16. The van der Waals surface area contributed by atoms with E-state index in [9.17, 15) is 0 Å². The second kappa shape index (κ2) is 6.58. The van der Waals surface area contributed by atoms with Crippen molar-refractivity contribution in [2.45, 2.75) is 34.2 Å². The van der Waals surface area contributed by atoms with Gasteiger partial charge in [0.25, 0.3) is 0 Å². The highest BCUT2D eigenvalue weighted by molar-refractivity contribution is 5.46. The van der Waals surface area contributed by atoms with Gasteiger partial charge in [-0.05, 0) is 56.1 Å². The van der Waals surface area contributed by atoms with Gasteiger partial charge in [-0.3, -0.25) is 0 Å². The van der Waals surface area contributed by atoms with Crippen LogP contribution < -0.4 is 10.1 Å². The first-order valence-electron chi connectivity index (χ1n) is 7.16. The van der Waals surface area contributed by atoms with Crippen LogP contribution >= 0.6 is 0 Å². The summed E-state index contributed by atoms with van der Waals surface area (Å²) in [7, 11) is 0. The summed E-state index contributed by atoms with van der Waals surface area (Å²) in [6, 6.07) is 12.5. The fourth-order valence-corrected chi connectivity index (χ4v) is 2.23. The van der Waals surface area contributed by atoms with E-state index in [-0.39, 0.29) is 0 Å². The Morgan fingerprint density at radius 1 is 1.00 bits per heavy atom. The summed E-state index contributed by atoms with van der Waals surface area (Å²) in [6.07, 6.45) is 0. The molecule has 0 saturated heterocycles. The van der Waals surface area contributed by atoms with Crippen LogP contribution in [-0.4, -0.2) is 6.54 Å². The molecule has 20 heavy (non-hydrogen) atoms. The number of rotatable bonds is 5. The van der Waals surface area contributed by atoms with Gasteiger partial charge < -0.3 is 10.1 Å². The third-order valence-electron chi connectivity index (χ3n) is 3.52. The van der Waals surface area contributed by atoms with Gasteiger partial charge in [0.15, 0.2) is 0 Å². The van der Waals surface area contributed by atoms with Crippen molar-refractivity contribution in [2.24, 2.45) is 0 Å². The minimum Gasteiger partial charge on any atom is -0.457 e. The average Bonchev–Trinajstić information content (AvgIpc) is 2.43. The number of benzene rings is 2. The van der Waals surface area contributed by atoms with E-state index in [0.29, 0.717) is 0 Å². The Morgan fingerprint density at radius 3 is 2.50 bits per heavy atom. The molecule has 0 heterocycles. The zero-order chi connectivity index (χ0) is 14.5. The SMILES string of the molecule is CCNCc1ccccc1Oc1cc(C)cc(C)c1C. The van der Waals surface area contributed by atoms with Crippen molar-refractivity contribution in [2.75, 3.05) is 6.54 Å². The van der Waals surface area contributed by atoms with Crippen LogP contribution in [0.1, 0.15) is 29.2 Å². The van der Waals surface area contributed by atoms with Gasteiger partial charge in [-0.15, -0.1) is 0 Å². The van der Waals surface area contributed by atoms with E-state index in [4.69, 9.17) is 4.74 Å². The van der Waals surface area contributed by atoms with Gasteiger partial charge in [-0.25, -0.2) is 0 Å². The van der Waals surface area contributed by atoms with Gasteiger partial charge in [0, 0.05) is 12.1 Å². The van der Waals surface area contributed by atoms with Crippen molar-refractivity contribution >= 4 is 0 Å². The van der Waals surface area contributed by atoms with Gasteiger partial charge in [0.05, 0.1) is 0 Å². The molecule has 0 fully saturated rings. The Balaban J connectivity index is 2.30. The lowest BCUT2D eigenvalue weighted by molar-refractivity contribution is 0.469. The fourth-order valence-electron chi connectivity index (χ4n) is 2.23. The lowest BCUT2D eigenvalue weighted by Crippen LogP contribution is -2.12. The van der Waals surface area contributed by atoms with E-state index in [1.54, 1.807) is 0 Å². The predicted molar refractivity (Wildman–Crippen MR) is 84.5 cm³/mol. The van der Waals surface area contributed by atoms with E-state index in [0.717, 1.165) is 24.6 Å². The molecule has 0 saturated carbocycles. The Hall–Kier alpha value is -1.80. The first-order valence-corrected chi connectivity index (χ1v) is 7.16. The zero-order valence-corrected chi connectivity index (χ0v) is 12.8. The van der Waals surface area contributed by atoms with Crippen LogP contribution in [0.5, 0.6) is 11.5 Å². The molecule has 2 aromatic carbocycles. The number of hydrogen-bond donors (Lipinski definition) is 1. The molecule has 0 aliphatic carbocycles. The third kappa shape index (κ3) is 3.40. The molecule has 0 radical (unpaired) electrons. The van der Waals surface area contributed by atoms with Crippen LogP contribution in [-0.2, 0) is 6.54 Å². The lowest BCUT2D eigenvalue weighted by Gasteiger charge is -2.15. The second-order valence-electron chi connectivity index (χ2n) is 5.20. The predicted octanol–water partition coefficient (Wildman–Crippen LogP) is 4.51. The molecule has 0 bridgehead atoms. The molecule has 106 valence electrons. The molecule has 1 N–H and O–H groups in total. The van der Waals surface area contributed by atoms with E-state index in [1.807, 2.05) is 18.2 Å². The standard InChI is InChI=1S/C18H23NO/c1-5-19-12-16-8-6-7-9-17(16)20-18-11-13(2)10-14(3)15(18)4/h6-11,19H,5,12H2,1-4H3. The molecule has 2 rings (SSSR count). The average molecular weight is 269 g/mol. The Morgan fingerprint density at radius 2 is 1.75 bits per heavy atom. The van der Waals surface area contributed by atoms with Gasteiger partial charge in [0.2, 0.25) is 0 Å². The second-order valence-corrected chi connectivity index (χ2v) is 5.20. The van der Waals surface area contributed by atoms with E-state index >= 15 is 0 Å². The van der Waals surface area contributed by atoms with Crippen LogP contribution in [0.2, 0.25) is 0 Å². The van der Waals surface area contributed by atoms with Gasteiger partial charge in [0.1, 0.15) is 11.5 Å². The first kappa shape index (κ1) is 14.6. The van der Waals surface area contributed by atoms with Gasteiger partial charge in [-0.1, -0.05) is 31.2 Å². The van der Waals surface area contributed by atoms with Crippen molar-refractivity contribution in [1.29, 1.82) is 0 Å². The Bertz CT molecular complexity index is 590. The van der Waals surface area contributed by atoms with Crippen molar-refractivity contribution in [3.05, 3.63) is 58.7 Å². The largest absolute Gasteiger partial charge is 0.457 e.